The zero-order valence-corrected chi connectivity index (χ0v) is 15.1. The fourth-order valence-electron chi connectivity index (χ4n) is 2.58. The van der Waals surface area contributed by atoms with Crippen LogP contribution in [0, 0.1) is 11.3 Å². The SMILES string of the molecule is CC(C)COC1CC(Nc2c(Cl)cc(Cl)cc2Cl)C1(C)C. The van der Waals surface area contributed by atoms with E-state index in [1.54, 1.807) is 12.1 Å². The van der Waals surface area contributed by atoms with Crippen molar-refractivity contribution in [1.29, 1.82) is 0 Å². The molecule has 1 saturated carbocycles. The molecular weight excluding hydrogens is 329 g/mol. The molecule has 1 aliphatic carbocycles. The molecule has 2 rings (SSSR count). The van der Waals surface area contributed by atoms with Crippen molar-refractivity contribution >= 4 is 40.5 Å². The Morgan fingerprint density at radius 2 is 1.81 bits per heavy atom. The first-order valence-corrected chi connectivity index (χ1v) is 8.38. The minimum atomic E-state index is 0.0428. The van der Waals surface area contributed by atoms with Crippen LogP contribution in [0.3, 0.4) is 0 Å². The second kappa shape index (κ2) is 6.54. The van der Waals surface area contributed by atoms with Crippen molar-refractivity contribution in [3.8, 4) is 0 Å². The normalized spacial score (nSPS) is 24.0. The molecule has 2 atom stereocenters. The highest BCUT2D eigenvalue weighted by molar-refractivity contribution is 6.41. The molecule has 0 aliphatic heterocycles. The van der Waals surface area contributed by atoms with E-state index in [1.165, 1.54) is 0 Å². The summed E-state index contributed by atoms with van der Waals surface area (Å²) in [5, 5.41) is 5.09. The van der Waals surface area contributed by atoms with E-state index in [1.807, 2.05) is 0 Å². The van der Waals surface area contributed by atoms with Gasteiger partial charge in [-0.15, -0.1) is 0 Å². The highest BCUT2D eigenvalue weighted by Gasteiger charge is 2.49. The summed E-state index contributed by atoms with van der Waals surface area (Å²) in [7, 11) is 0. The molecule has 21 heavy (non-hydrogen) atoms. The minimum absolute atomic E-state index is 0.0428. The van der Waals surface area contributed by atoms with Gasteiger partial charge in [0, 0.05) is 23.1 Å². The zero-order chi connectivity index (χ0) is 15.8. The molecule has 2 nitrogen and oxygen atoms in total. The van der Waals surface area contributed by atoms with Crippen molar-refractivity contribution in [2.24, 2.45) is 11.3 Å². The third-order valence-corrected chi connectivity index (χ3v) is 4.95. The Balaban J connectivity index is 2.03. The van der Waals surface area contributed by atoms with Crippen LogP contribution < -0.4 is 5.32 Å². The Morgan fingerprint density at radius 3 is 2.29 bits per heavy atom. The number of anilines is 1. The van der Waals surface area contributed by atoms with Gasteiger partial charge in [-0.25, -0.2) is 0 Å². The van der Waals surface area contributed by atoms with Gasteiger partial charge in [-0.2, -0.15) is 0 Å². The molecule has 0 saturated heterocycles. The lowest BCUT2D eigenvalue weighted by Gasteiger charge is -2.52. The Labute approximate surface area is 142 Å². The predicted octanol–water partition coefficient (Wildman–Crippen LogP) is 5.90. The monoisotopic (exact) mass is 349 g/mol. The molecule has 0 amide bonds. The van der Waals surface area contributed by atoms with E-state index in [0.29, 0.717) is 21.0 Å². The van der Waals surface area contributed by atoms with Crippen LogP contribution in [0.15, 0.2) is 12.1 Å². The average Bonchev–Trinajstić information content (AvgIpc) is 2.34. The number of halogens is 3. The molecule has 5 heteroatoms. The van der Waals surface area contributed by atoms with E-state index >= 15 is 0 Å². The highest BCUT2D eigenvalue weighted by atomic mass is 35.5. The first kappa shape index (κ1) is 17.2. The minimum Gasteiger partial charge on any atom is -0.379 e. The standard InChI is InChI=1S/C16H22Cl3NO/c1-9(2)8-21-14-7-13(16(14,3)4)20-15-11(18)5-10(17)6-12(15)19/h5-6,9,13-14,20H,7-8H2,1-4H3. The van der Waals surface area contributed by atoms with Gasteiger partial charge in [-0.3, -0.25) is 0 Å². The summed E-state index contributed by atoms with van der Waals surface area (Å²) in [6, 6.07) is 3.69. The van der Waals surface area contributed by atoms with Crippen LogP contribution in [0.4, 0.5) is 5.69 Å². The van der Waals surface area contributed by atoms with Crippen molar-refractivity contribution < 1.29 is 4.74 Å². The fourth-order valence-corrected chi connectivity index (χ4v) is 3.50. The van der Waals surface area contributed by atoms with Gasteiger partial charge in [0.05, 0.1) is 21.8 Å². The molecule has 1 aromatic carbocycles. The van der Waals surface area contributed by atoms with E-state index in [4.69, 9.17) is 39.5 Å². The van der Waals surface area contributed by atoms with E-state index in [9.17, 15) is 0 Å². The molecule has 1 aromatic rings. The molecule has 0 bridgehead atoms. The number of rotatable bonds is 5. The summed E-state index contributed by atoms with van der Waals surface area (Å²) in [5.74, 6) is 0.549. The van der Waals surface area contributed by atoms with Crippen LogP contribution in [0.2, 0.25) is 15.1 Å². The van der Waals surface area contributed by atoms with Gasteiger partial charge in [0.2, 0.25) is 0 Å². The maximum absolute atomic E-state index is 6.23. The molecule has 118 valence electrons. The van der Waals surface area contributed by atoms with E-state index in [-0.39, 0.29) is 17.6 Å². The number of ether oxygens (including phenoxy) is 1. The summed E-state index contributed by atoms with van der Waals surface area (Å²) >= 11 is 18.4. The number of hydrogen-bond acceptors (Lipinski definition) is 2. The van der Waals surface area contributed by atoms with Crippen molar-refractivity contribution in [3.05, 3.63) is 27.2 Å². The van der Waals surface area contributed by atoms with Crippen LogP contribution in [0.5, 0.6) is 0 Å². The Kier molecular flexibility index (Phi) is 5.36. The zero-order valence-electron chi connectivity index (χ0n) is 12.8. The fraction of sp³-hybridized carbons (Fsp3) is 0.625. The lowest BCUT2D eigenvalue weighted by molar-refractivity contribution is -0.108. The summed E-state index contributed by atoms with van der Waals surface area (Å²) in [6.45, 7) is 9.53. The van der Waals surface area contributed by atoms with E-state index < -0.39 is 0 Å². The van der Waals surface area contributed by atoms with Crippen LogP contribution in [-0.2, 0) is 4.74 Å². The molecule has 0 spiro atoms. The third kappa shape index (κ3) is 3.79. The Hall–Kier alpha value is -0.150. The summed E-state index contributed by atoms with van der Waals surface area (Å²) in [5.41, 5.74) is 0.796. The highest BCUT2D eigenvalue weighted by Crippen LogP contribution is 2.46. The topological polar surface area (TPSA) is 21.3 Å². The van der Waals surface area contributed by atoms with Crippen LogP contribution in [0.25, 0.3) is 0 Å². The number of benzene rings is 1. The maximum Gasteiger partial charge on any atom is 0.0722 e. The van der Waals surface area contributed by atoms with Crippen molar-refractivity contribution in [2.45, 2.75) is 46.3 Å². The third-order valence-electron chi connectivity index (χ3n) is 4.13. The van der Waals surface area contributed by atoms with Gasteiger partial charge in [0.25, 0.3) is 0 Å². The molecule has 0 radical (unpaired) electrons. The van der Waals surface area contributed by atoms with Crippen molar-refractivity contribution in [1.82, 2.24) is 0 Å². The smallest absolute Gasteiger partial charge is 0.0722 e. The molecular formula is C16H22Cl3NO. The van der Waals surface area contributed by atoms with Gasteiger partial charge in [0.1, 0.15) is 0 Å². The Morgan fingerprint density at radius 1 is 1.24 bits per heavy atom. The molecule has 0 heterocycles. The maximum atomic E-state index is 6.23. The summed E-state index contributed by atoms with van der Waals surface area (Å²) < 4.78 is 5.98. The summed E-state index contributed by atoms with van der Waals surface area (Å²) in [6.07, 6.45) is 1.22. The van der Waals surface area contributed by atoms with Crippen molar-refractivity contribution in [3.63, 3.8) is 0 Å². The first-order chi connectivity index (χ1) is 9.71. The average molecular weight is 351 g/mol. The van der Waals surface area contributed by atoms with Gasteiger partial charge in [-0.05, 0) is 24.5 Å². The summed E-state index contributed by atoms with van der Waals surface area (Å²) in [4.78, 5) is 0. The van der Waals surface area contributed by atoms with Gasteiger partial charge in [-0.1, -0.05) is 62.5 Å². The second-order valence-corrected chi connectivity index (χ2v) is 7.97. The van der Waals surface area contributed by atoms with Crippen LogP contribution >= 0.6 is 34.8 Å². The van der Waals surface area contributed by atoms with Gasteiger partial charge in [0.15, 0.2) is 0 Å². The second-order valence-electron chi connectivity index (χ2n) is 6.71. The lowest BCUT2D eigenvalue weighted by Crippen LogP contribution is -2.58. The molecule has 0 aromatic heterocycles. The molecule has 1 aliphatic rings. The number of nitrogens with one attached hydrogen (secondary N) is 1. The van der Waals surface area contributed by atoms with Gasteiger partial charge >= 0.3 is 0 Å². The first-order valence-electron chi connectivity index (χ1n) is 7.24. The predicted molar refractivity (Wildman–Crippen MR) is 91.9 cm³/mol. The van der Waals surface area contributed by atoms with Gasteiger partial charge < -0.3 is 10.1 Å². The van der Waals surface area contributed by atoms with Crippen LogP contribution in [0.1, 0.15) is 34.1 Å². The lowest BCUT2D eigenvalue weighted by atomic mass is 9.64. The van der Waals surface area contributed by atoms with Crippen LogP contribution in [-0.4, -0.2) is 18.8 Å². The van der Waals surface area contributed by atoms with E-state index in [0.717, 1.165) is 18.7 Å². The Bertz CT molecular complexity index is 493. The quantitative estimate of drug-likeness (QED) is 0.714. The largest absolute Gasteiger partial charge is 0.379 e. The van der Waals surface area contributed by atoms with Crippen molar-refractivity contribution in [2.75, 3.05) is 11.9 Å². The molecule has 1 fully saturated rings. The molecule has 1 N–H and O–H groups in total. The molecule has 2 unspecified atom stereocenters. The number of hydrogen-bond donors (Lipinski definition) is 1. The van der Waals surface area contributed by atoms with E-state index in [2.05, 4.69) is 33.0 Å².